The Balaban J connectivity index is 1.41. The van der Waals surface area contributed by atoms with E-state index in [2.05, 4.69) is 54.3 Å². The highest BCUT2D eigenvalue weighted by Crippen LogP contribution is 2.33. The molecule has 2 aromatic heterocycles. The topological polar surface area (TPSA) is 110 Å². The lowest BCUT2D eigenvalue weighted by atomic mass is 10.1. The summed E-state index contributed by atoms with van der Waals surface area (Å²) in [5.41, 5.74) is 12.6. The number of nitrogens with two attached hydrogens (primary N) is 1. The second-order valence-corrected chi connectivity index (χ2v) is 9.65. The van der Waals surface area contributed by atoms with E-state index in [1.807, 2.05) is 53.9 Å². The van der Waals surface area contributed by atoms with Crippen molar-refractivity contribution in [2.24, 2.45) is 0 Å². The molecule has 4 N–H and O–H groups in total. The van der Waals surface area contributed by atoms with Gasteiger partial charge in [-0.1, -0.05) is 18.2 Å². The number of anilines is 3. The van der Waals surface area contributed by atoms with E-state index in [4.69, 9.17) is 10.5 Å². The maximum atomic E-state index is 12.5. The molecular formula is C25H26IN7O2. The molecule has 0 bridgehead atoms. The van der Waals surface area contributed by atoms with Gasteiger partial charge in [0, 0.05) is 34.5 Å². The van der Waals surface area contributed by atoms with E-state index in [-0.39, 0.29) is 6.03 Å². The molecule has 1 aliphatic rings. The summed E-state index contributed by atoms with van der Waals surface area (Å²) in [6.45, 7) is 5.96. The number of nitrogens with one attached hydrogen (secondary N) is 2. The van der Waals surface area contributed by atoms with Gasteiger partial charge in [-0.05, 0) is 71.0 Å². The van der Waals surface area contributed by atoms with E-state index in [9.17, 15) is 4.79 Å². The number of amides is 2. The molecule has 0 unspecified atom stereocenters. The molecule has 10 heteroatoms. The summed E-state index contributed by atoms with van der Waals surface area (Å²) in [7, 11) is 0. The number of urea groups is 1. The van der Waals surface area contributed by atoms with Crippen molar-refractivity contribution in [1.82, 2.24) is 19.5 Å². The first kappa shape index (κ1) is 23.5. The maximum Gasteiger partial charge on any atom is 0.323 e. The molecule has 0 spiro atoms. The molecule has 35 heavy (non-hydrogen) atoms. The first-order valence-corrected chi connectivity index (χ1v) is 12.4. The molecule has 0 radical (unpaired) electrons. The average molecular weight is 583 g/mol. The minimum atomic E-state index is -0.291. The molecule has 9 nitrogen and oxygen atoms in total. The van der Waals surface area contributed by atoms with Crippen LogP contribution in [0, 0.1) is 10.5 Å². The van der Waals surface area contributed by atoms with Crippen LogP contribution in [0.2, 0.25) is 0 Å². The molecule has 0 aliphatic carbocycles. The summed E-state index contributed by atoms with van der Waals surface area (Å²) in [6, 6.07) is 15.4. The Labute approximate surface area is 216 Å². The van der Waals surface area contributed by atoms with Gasteiger partial charge in [0.1, 0.15) is 11.8 Å². The fraction of sp³-hybridized carbons (Fsp3) is 0.240. The highest BCUT2D eigenvalue weighted by Gasteiger charge is 2.19. The van der Waals surface area contributed by atoms with Crippen molar-refractivity contribution in [3.05, 3.63) is 69.7 Å². The summed E-state index contributed by atoms with van der Waals surface area (Å²) in [5.74, 6) is 0.429. The Morgan fingerprint density at radius 1 is 1.14 bits per heavy atom. The van der Waals surface area contributed by atoms with Crippen molar-refractivity contribution in [2.45, 2.75) is 13.5 Å². The summed E-state index contributed by atoms with van der Waals surface area (Å²) in [6.07, 6.45) is 1.48. The number of aromatic nitrogens is 3. The van der Waals surface area contributed by atoms with Crippen molar-refractivity contribution >= 4 is 51.3 Å². The maximum absolute atomic E-state index is 12.5. The second-order valence-electron chi connectivity index (χ2n) is 8.49. The van der Waals surface area contributed by atoms with Crippen LogP contribution in [0.5, 0.6) is 0 Å². The molecule has 0 saturated carbocycles. The van der Waals surface area contributed by atoms with Gasteiger partial charge in [0.05, 0.1) is 24.6 Å². The van der Waals surface area contributed by atoms with E-state index in [1.165, 1.54) is 6.33 Å². The standard InChI is InChI=1S/C25H26IN7O2/c1-16-3-2-4-18(11-16)30-25(34)31-22-6-5-17(12-21(22)26)20-13-19(14-32-7-9-35-10-8-32)33-23(20)24(27)28-15-29-33/h2-6,11-13,15H,7-10,14H2,1H3,(H2,27,28,29)(H2,30,31,34). The van der Waals surface area contributed by atoms with Gasteiger partial charge in [-0.3, -0.25) is 4.90 Å². The lowest BCUT2D eigenvalue weighted by molar-refractivity contribution is 0.0334. The Kier molecular flexibility index (Phi) is 6.84. The monoisotopic (exact) mass is 583 g/mol. The fourth-order valence-corrected chi connectivity index (χ4v) is 4.90. The Morgan fingerprint density at radius 3 is 2.74 bits per heavy atom. The van der Waals surface area contributed by atoms with Crippen molar-refractivity contribution < 1.29 is 9.53 Å². The number of fused-ring (bicyclic) bond motifs is 1. The molecular weight excluding hydrogens is 557 g/mol. The van der Waals surface area contributed by atoms with Gasteiger partial charge < -0.3 is 21.1 Å². The van der Waals surface area contributed by atoms with Crippen LogP contribution in [0.3, 0.4) is 0 Å². The number of benzene rings is 2. The van der Waals surface area contributed by atoms with Gasteiger partial charge in [-0.15, -0.1) is 0 Å². The summed E-state index contributed by atoms with van der Waals surface area (Å²) >= 11 is 2.23. The molecule has 0 atom stereocenters. The van der Waals surface area contributed by atoms with E-state index in [0.29, 0.717) is 5.82 Å². The van der Waals surface area contributed by atoms with E-state index in [0.717, 1.165) is 75.7 Å². The normalized spacial score (nSPS) is 14.2. The molecule has 3 heterocycles. The summed E-state index contributed by atoms with van der Waals surface area (Å²) in [4.78, 5) is 19.1. The van der Waals surface area contributed by atoms with Crippen LogP contribution in [-0.2, 0) is 11.3 Å². The van der Waals surface area contributed by atoms with Gasteiger partial charge in [0.25, 0.3) is 0 Å². The van der Waals surface area contributed by atoms with Crippen LogP contribution >= 0.6 is 22.6 Å². The average Bonchev–Trinajstić information content (AvgIpc) is 3.20. The zero-order chi connectivity index (χ0) is 24.4. The smallest absolute Gasteiger partial charge is 0.323 e. The van der Waals surface area contributed by atoms with Crippen molar-refractivity contribution in [3.8, 4) is 11.1 Å². The number of hydrogen-bond donors (Lipinski definition) is 3. The number of aryl methyl sites for hydroxylation is 1. The molecule has 1 saturated heterocycles. The van der Waals surface area contributed by atoms with Gasteiger partial charge in [-0.2, -0.15) is 5.10 Å². The van der Waals surface area contributed by atoms with Crippen LogP contribution < -0.4 is 16.4 Å². The third-order valence-corrected chi connectivity index (χ3v) is 6.84. The summed E-state index contributed by atoms with van der Waals surface area (Å²) in [5, 5.41) is 10.3. The van der Waals surface area contributed by atoms with E-state index >= 15 is 0 Å². The molecule has 5 rings (SSSR count). The third-order valence-electron chi connectivity index (χ3n) is 5.95. The van der Waals surface area contributed by atoms with Crippen molar-refractivity contribution in [2.75, 3.05) is 42.7 Å². The Bertz CT molecular complexity index is 1380. The molecule has 2 amide bonds. The number of morpholine rings is 1. The van der Waals surface area contributed by atoms with Gasteiger partial charge in [-0.25, -0.2) is 14.3 Å². The molecule has 1 fully saturated rings. The first-order chi connectivity index (χ1) is 17.0. The quantitative estimate of drug-likeness (QED) is 0.301. The summed E-state index contributed by atoms with van der Waals surface area (Å²) < 4.78 is 8.26. The van der Waals surface area contributed by atoms with Crippen molar-refractivity contribution in [1.29, 1.82) is 0 Å². The van der Waals surface area contributed by atoms with Gasteiger partial charge in [0.2, 0.25) is 0 Å². The number of ether oxygens (including phenoxy) is 1. The largest absolute Gasteiger partial charge is 0.382 e. The fourth-order valence-electron chi connectivity index (χ4n) is 4.25. The third kappa shape index (κ3) is 5.24. The number of nitrogen functional groups attached to an aromatic ring is 1. The lowest BCUT2D eigenvalue weighted by Gasteiger charge is -2.26. The van der Waals surface area contributed by atoms with E-state index < -0.39 is 0 Å². The highest BCUT2D eigenvalue weighted by atomic mass is 127. The minimum absolute atomic E-state index is 0.291. The lowest BCUT2D eigenvalue weighted by Crippen LogP contribution is -2.36. The Morgan fingerprint density at radius 2 is 1.97 bits per heavy atom. The van der Waals surface area contributed by atoms with Gasteiger partial charge in [0.15, 0.2) is 5.82 Å². The molecule has 180 valence electrons. The number of carbonyl (C=O) groups is 1. The number of carbonyl (C=O) groups excluding carboxylic acids is 1. The van der Waals surface area contributed by atoms with Crippen molar-refractivity contribution in [3.63, 3.8) is 0 Å². The highest BCUT2D eigenvalue weighted by molar-refractivity contribution is 14.1. The van der Waals surface area contributed by atoms with E-state index in [1.54, 1.807) is 0 Å². The number of rotatable bonds is 5. The number of nitrogens with zero attached hydrogens (tertiary/aromatic N) is 4. The first-order valence-electron chi connectivity index (χ1n) is 11.3. The van der Waals surface area contributed by atoms with Crippen LogP contribution in [0.1, 0.15) is 11.3 Å². The zero-order valence-electron chi connectivity index (χ0n) is 19.3. The van der Waals surface area contributed by atoms with Crippen LogP contribution in [0.25, 0.3) is 16.6 Å². The number of halogens is 1. The number of hydrogen-bond acceptors (Lipinski definition) is 6. The second kappa shape index (κ2) is 10.2. The van der Waals surface area contributed by atoms with Crippen LogP contribution in [0.4, 0.5) is 22.0 Å². The van der Waals surface area contributed by atoms with Gasteiger partial charge >= 0.3 is 6.03 Å². The predicted molar refractivity (Wildman–Crippen MR) is 145 cm³/mol. The molecule has 2 aromatic carbocycles. The zero-order valence-corrected chi connectivity index (χ0v) is 21.4. The molecule has 4 aromatic rings. The van der Waals surface area contributed by atoms with Crippen LogP contribution in [-0.4, -0.2) is 51.8 Å². The minimum Gasteiger partial charge on any atom is -0.382 e. The molecule has 1 aliphatic heterocycles. The van der Waals surface area contributed by atoms with Crippen LogP contribution in [0.15, 0.2) is 54.9 Å². The predicted octanol–water partition coefficient (Wildman–Crippen LogP) is 4.37. The SMILES string of the molecule is Cc1cccc(NC(=O)Nc2ccc(-c3cc(CN4CCOCC4)n4ncnc(N)c34)cc2I)c1. The Hall–Kier alpha value is -3.22.